The van der Waals surface area contributed by atoms with Crippen molar-refractivity contribution < 1.29 is 23.9 Å². The molecule has 1 N–H and O–H groups in total. The van der Waals surface area contributed by atoms with Gasteiger partial charge in [-0.15, -0.1) is 0 Å². The quantitative estimate of drug-likeness (QED) is 0.665. The van der Waals surface area contributed by atoms with Gasteiger partial charge in [-0.25, -0.2) is 4.79 Å². The minimum atomic E-state index is -0.841. The zero-order valence-corrected chi connectivity index (χ0v) is 16.1. The van der Waals surface area contributed by atoms with Crippen LogP contribution < -0.4 is 5.32 Å². The molecule has 144 valence electrons. The lowest BCUT2D eigenvalue weighted by Crippen LogP contribution is -2.35. The second-order valence-electron chi connectivity index (χ2n) is 6.51. The largest absolute Gasteiger partial charge is 0.452 e. The lowest BCUT2D eigenvalue weighted by molar-refractivity contribution is -0.124. The minimum Gasteiger partial charge on any atom is -0.452 e. The fraction of sp³-hybridized carbons (Fsp3) is 0.238. The first-order valence-corrected chi connectivity index (χ1v) is 9.20. The van der Waals surface area contributed by atoms with E-state index < -0.39 is 24.3 Å². The molecule has 0 fully saturated rings. The number of carbonyl (C=O) groups is 4. The number of hydrogen-bond donors (Lipinski definition) is 1. The molecule has 0 heterocycles. The summed E-state index contributed by atoms with van der Waals surface area (Å²) in [4.78, 5) is 49.6. The summed E-state index contributed by atoms with van der Waals surface area (Å²) in [5.74, 6) is -2.04. The van der Waals surface area contributed by atoms with Crippen molar-refractivity contribution in [3.63, 3.8) is 0 Å². The lowest BCUT2D eigenvalue weighted by atomic mass is 9.83. The van der Waals surface area contributed by atoms with E-state index in [4.69, 9.17) is 16.3 Å². The van der Waals surface area contributed by atoms with Crippen LogP contribution in [0.5, 0.6) is 0 Å². The molecule has 0 saturated heterocycles. The van der Waals surface area contributed by atoms with Gasteiger partial charge in [0.05, 0.1) is 16.1 Å². The number of benzene rings is 2. The zero-order valence-electron chi connectivity index (χ0n) is 15.4. The average molecular weight is 400 g/mol. The number of ketones is 2. The van der Waals surface area contributed by atoms with Crippen molar-refractivity contribution in [2.24, 2.45) is 0 Å². The number of esters is 1. The molecule has 0 radical (unpaired) electrons. The van der Waals surface area contributed by atoms with Crippen LogP contribution in [0, 0.1) is 0 Å². The number of carbonyl (C=O) groups excluding carboxylic acids is 4. The number of ether oxygens (including phenoxy) is 1. The van der Waals surface area contributed by atoms with Gasteiger partial charge >= 0.3 is 5.97 Å². The summed E-state index contributed by atoms with van der Waals surface area (Å²) >= 11 is 6.30. The zero-order chi connectivity index (χ0) is 20.4. The van der Waals surface area contributed by atoms with E-state index in [1.54, 1.807) is 24.3 Å². The van der Waals surface area contributed by atoms with Crippen molar-refractivity contribution in [3.05, 3.63) is 69.2 Å². The molecule has 0 unspecified atom stereocenters. The molecule has 1 atom stereocenters. The average Bonchev–Trinajstić information content (AvgIpc) is 2.69. The molecule has 0 saturated carbocycles. The Bertz CT molecular complexity index is 998. The SMILES string of the molecule is CC[C@H](C)NC(=O)COC(=O)c1ccc2c(c1Cl)C(=O)c1ccccc1C2=O. The van der Waals surface area contributed by atoms with Crippen LogP contribution in [0.3, 0.4) is 0 Å². The second-order valence-corrected chi connectivity index (χ2v) is 6.88. The Kier molecular flexibility index (Phi) is 5.61. The maximum absolute atomic E-state index is 12.8. The Morgan fingerprint density at radius 3 is 2.32 bits per heavy atom. The maximum atomic E-state index is 12.8. The molecule has 1 aliphatic carbocycles. The second kappa shape index (κ2) is 7.94. The van der Waals surface area contributed by atoms with Crippen LogP contribution in [0.4, 0.5) is 0 Å². The predicted octanol–water partition coefficient (Wildman–Crippen LogP) is 3.19. The van der Waals surface area contributed by atoms with E-state index in [1.807, 2.05) is 13.8 Å². The molecular weight excluding hydrogens is 382 g/mol. The molecule has 0 aromatic heterocycles. The van der Waals surface area contributed by atoms with Crippen molar-refractivity contribution in [1.29, 1.82) is 0 Å². The summed E-state index contributed by atoms with van der Waals surface area (Å²) < 4.78 is 5.01. The summed E-state index contributed by atoms with van der Waals surface area (Å²) in [7, 11) is 0. The summed E-state index contributed by atoms with van der Waals surface area (Å²) in [5.41, 5.74) is 0.578. The van der Waals surface area contributed by atoms with Gasteiger partial charge in [-0.05, 0) is 25.5 Å². The van der Waals surface area contributed by atoms with Gasteiger partial charge in [-0.2, -0.15) is 0 Å². The number of hydrogen-bond acceptors (Lipinski definition) is 5. The Labute approximate surface area is 166 Å². The monoisotopic (exact) mass is 399 g/mol. The predicted molar refractivity (Wildman–Crippen MR) is 103 cm³/mol. The molecule has 1 aliphatic rings. The molecule has 2 aromatic rings. The Hall–Kier alpha value is -2.99. The molecule has 28 heavy (non-hydrogen) atoms. The summed E-state index contributed by atoms with van der Waals surface area (Å²) in [5, 5.41) is 2.52. The van der Waals surface area contributed by atoms with E-state index in [9.17, 15) is 19.2 Å². The van der Waals surface area contributed by atoms with Gasteiger partial charge in [0.2, 0.25) is 0 Å². The van der Waals surface area contributed by atoms with Crippen LogP contribution in [0.2, 0.25) is 5.02 Å². The first-order valence-electron chi connectivity index (χ1n) is 8.82. The van der Waals surface area contributed by atoms with E-state index in [-0.39, 0.29) is 39.1 Å². The van der Waals surface area contributed by atoms with Gasteiger partial charge in [-0.3, -0.25) is 14.4 Å². The molecule has 6 nitrogen and oxygen atoms in total. The lowest BCUT2D eigenvalue weighted by Gasteiger charge is -2.19. The fourth-order valence-electron chi connectivity index (χ4n) is 2.93. The third kappa shape index (κ3) is 3.55. The van der Waals surface area contributed by atoms with Gasteiger partial charge in [0.15, 0.2) is 18.2 Å². The van der Waals surface area contributed by atoms with E-state index in [0.717, 1.165) is 6.42 Å². The van der Waals surface area contributed by atoms with Crippen molar-refractivity contribution >= 4 is 35.0 Å². The van der Waals surface area contributed by atoms with Crippen LogP contribution in [0.1, 0.15) is 62.5 Å². The molecular formula is C21H18ClNO5. The van der Waals surface area contributed by atoms with Gasteiger partial charge in [0, 0.05) is 22.7 Å². The summed E-state index contributed by atoms with van der Waals surface area (Å²) in [6.07, 6.45) is 0.744. The normalized spacial score (nSPS) is 13.4. The Morgan fingerprint density at radius 1 is 1.04 bits per heavy atom. The fourth-order valence-corrected chi connectivity index (χ4v) is 3.26. The molecule has 0 bridgehead atoms. The number of rotatable bonds is 5. The standard InChI is InChI=1S/C21H18ClNO5/c1-3-11(2)23-16(24)10-28-21(27)15-9-8-14-17(18(15)22)20(26)13-7-5-4-6-12(13)19(14)25/h4-9,11H,3,10H2,1-2H3,(H,23,24)/t11-/m0/s1. The number of halogens is 1. The van der Waals surface area contributed by atoms with E-state index in [2.05, 4.69) is 5.32 Å². The molecule has 0 spiro atoms. The smallest absolute Gasteiger partial charge is 0.340 e. The highest BCUT2D eigenvalue weighted by atomic mass is 35.5. The molecule has 2 aromatic carbocycles. The van der Waals surface area contributed by atoms with Gasteiger partial charge in [0.25, 0.3) is 5.91 Å². The summed E-state index contributed by atoms with van der Waals surface area (Å²) in [6.45, 7) is 3.28. The van der Waals surface area contributed by atoms with Crippen molar-refractivity contribution in [3.8, 4) is 0 Å². The van der Waals surface area contributed by atoms with E-state index in [0.29, 0.717) is 5.56 Å². The molecule has 0 aliphatic heterocycles. The maximum Gasteiger partial charge on any atom is 0.340 e. The number of amides is 1. The van der Waals surface area contributed by atoms with Crippen LogP contribution in [0.15, 0.2) is 36.4 Å². The third-order valence-electron chi connectivity index (χ3n) is 4.60. The van der Waals surface area contributed by atoms with E-state index >= 15 is 0 Å². The topological polar surface area (TPSA) is 89.5 Å². The minimum absolute atomic E-state index is 0.0242. The highest BCUT2D eigenvalue weighted by molar-refractivity contribution is 6.41. The highest BCUT2D eigenvalue weighted by Gasteiger charge is 2.33. The first-order chi connectivity index (χ1) is 13.3. The highest BCUT2D eigenvalue weighted by Crippen LogP contribution is 2.34. The molecule has 7 heteroatoms. The van der Waals surface area contributed by atoms with Crippen LogP contribution >= 0.6 is 11.6 Å². The molecule has 3 rings (SSSR count). The first kappa shape index (κ1) is 19.8. The molecule has 1 amide bonds. The van der Waals surface area contributed by atoms with Gasteiger partial charge in [0.1, 0.15) is 0 Å². The van der Waals surface area contributed by atoms with Crippen molar-refractivity contribution in [2.75, 3.05) is 6.61 Å². The van der Waals surface area contributed by atoms with Crippen molar-refractivity contribution in [1.82, 2.24) is 5.32 Å². The third-order valence-corrected chi connectivity index (χ3v) is 5.00. The van der Waals surface area contributed by atoms with Crippen LogP contribution in [-0.2, 0) is 9.53 Å². The van der Waals surface area contributed by atoms with E-state index in [1.165, 1.54) is 12.1 Å². The Morgan fingerprint density at radius 2 is 1.68 bits per heavy atom. The number of fused-ring (bicyclic) bond motifs is 2. The van der Waals surface area contributed by atoms with Gasteiger partial charge in [-0.1, -0.05) is 42.8 Å². The van der Waals surface area contributed by atoms with Crippen LogP contribution in [-0.4, -0.2) is 36.1 Å². The van der Waals surface area contributed by atoms with Crippen molar-refractivity contribution in [2.45, 2.75) is 26.3 Å². The Balaban J connectivity index is 1.86. The summed E-state index contributed by atoms with van der Waals surface area (Å²) in [6, 6.07) is 9.11. The van der Waals surface area contributed by atoms with Gasteiger partial charge < -0.3 is 10.1 Å². The van der Waals surface area contributed by atoms with Crippen LogP contribution in [0.25, 0.3) is 0 Å². The number of nitrogens with one attached hydrogen (secondary N) is 1.